The molecule has 0 atom stereocenters. The highest BCUT2D eigenvalue weighted by molar-refractivity contribution is 7.89. The van der Waals surface area contributed by atoms with Crippen LogP contribution < -0.4 is 5.73 Å². The van der Waals surface area contributed by atoms with Crippen LogP contribution >= 0.6 is 0 Å². The Morgan fingerprint density at radius 1 is 1.40 bits per heavy atom. The average molecular weight is 304 g/mol. The minimum Gasteiger partial charge on any atom is -0.385 e. The number of hydrogen-bond acceptors (Lipinski definition) is 4. The van der Waals surface area contributed by atoms with E-state index in [1.54, 1.807) is 7.11 Å². The summed E-state index contributed by atoms with van der Waals surface area (Å²) in [6.07, 6.45) is 0.574. The van der Waals surface area contributed by atoms with Crippen LogP contribution in [-0.2, 0) is 21.3 Å². The average Bonchev–Trinajstić information content (AvgIpc) is 2.41. The maximum atomic E-state index is 13.8. The predicted octanol–water partition coefficient (Wildman–Crippen LogP) is 1.25. The van der Waals surface area contributed by atoms with Crippen LogP contribution in [0.1, 0.15) is 17.5 Å². The number of nitrogens with two attached hydrogens (primary N) is 1. The number of benzene rings is 1. The van der Waals surface area contributed by atoms with Crippen LogP contribution in [0.4, 0.5) is 4.39 Å². The van der Waals surface area contributed by atoms with Crippen LogP contribution in [0.3, 0.4) is 0 Å². The van der Waals surface area contributed by atoms with E-state index in [-0.39, 0.29) is 17.0 Å². The van der Waals surface area contributed by atoms with E-state index in [1.165, 1.54) is 30.4 Å². The molecule has 0 amide bonds. The van der Waals surface area contributed by atoms with E-state index >= 15 is 0 Å². The van der Waals surface area contributed by atoms with Crippen molar-refractivity contribution in [3.8, 4) is 0 Å². The van der Waals surface area contributed by atoms with Crippen LogP contribution in [0, 0.1) is 12.7 Å². The molecule has 0 fully saturated rings. The minimum absolute atomic E-state index is 0.0298. The normalized spacial score (nSPS) is 12.1. The van der Waals surface area contributed by atoms with E-state index in [0.717, 1.165) is 0 Å². The van der Waals surface area contributed by atoms with Crippen molar-refractivity contribution in [2.45, 2.75) is 24.8 Å². The van der Waals surface area contributed by atoms with Crippen LogP contribution in [0.5, 0.6) is 0 Å². The van der Waals surface area contributed by atoms with E-state index in [0.29, 0.717) is 25.1 Å². The molecule has 114 valence electrons. The second-order valence-electron chi connectivity index (χ2n) is 4.58. The Balaban J connectivity index is 3.11. The molecule has 0 spiro atoms. The van der Waals surface area contributed by atoms with E-state index in [1.807, 2.05) is 0 Å². The van der Waals surface area contributed by atoms with E-state index in [4.69, 9.17) is 10.5 Å². The summed E-state index contributed by atoms with van der Waals surface area (Å²) in [4.78, 5) is -0.0298. The monoisotopic (exact) mass is 304 g/mol. The number of halogens is 1. The summed E-state index contributed by atoms with van der Waals surface area (Å²) < 4.78 is 44.8. The van der Waals surface area contributed by atoms with E-state index in [9.17, 15) is 12.8 Å². The van der Waals surface area contributed by atoms with Crippen molar-refractivity contribution in [3.63, 3.8) is 0 Å². The van der Waals surface area contributed by atoms with Gasteiger partial charge in [-0.15, -0.1) is 0 Å². The molecular formula is C13H21FN2O3S. The molecule has 0 heterocycles. The molecule has 20 heavy (non-hydrogen) atoms. The molecule has 1 aromatic carbocycles. The summed E-state index contributed by atoms with van der Waals surface area (Å²) in [6, 6.07) is 2.69. The Morgan fingerprint density at radius 3 is 2.60 bits per heavy atom. The lowest BCUT2D eigenvalue weighted by Crippen LogP contribution is -2.29. The van der Waals surface area contributed by atoms with Crippen LogP contribution in [0.25, 0.3) is 0 Å². The Kier molecular flexibility index (Phi) is 6.07. The largest absolute Gasteiger partial charge is 0.385 e. The van der Waals surface area contributed by atoms with E-state index < -0.39 is 15.8 Å². The molecule has 0 aliphatic rings. The summed E-state index contributed by atoms with van der Waals surface area (Å²) in [5.74, 6) is -0.559. The zero-order valence-corrected chi connectivity index (χ0v) is 12.8. The van der Waals surface area contributed by atoms with Crippen molar-refractivity contribution in [1.82, 2.24) is 4.31 Å². The smallest absolute Gasteiger partial charge is 0.243 e. The number of ether oxygens (including phenoxy) is 1. The topological polar surface area (TPSA) is 72.6 Å². The standard InChI is InChI=1S/C13H21FN2O3S/c1-10-12(14)7-11(9-15)8-13(10)20(17,18)16(2)5-4-6-19-3/h7-8H,4-6,9,15H2,1-3H3. The molecule has 0 bridgehead atoms. The number of nitrogens with zero attached hydrogens (tertiary/aromatic N) is 1. The molecule has 0 unspecified atom stereocenters. The number of rotatable bonds is 7. The third-order valence-corrected chi connectivity index (χ3v) is 5.08. The van der Waals surface area contributed by atoms with Gasteiger partial charge in [0.1, 0.15) is 5.82 Å². The summed E-state index contributed by atoms with van der Waals surface area (Å²) >= 11 is 0. The fraction of sp³-hybridized carbons (Fsp3) is 0.538. The van der Waals surface area contributed by atoms with Gasteiger partial charge in [0.2, 0.25) is 10.0 Å². The van der Waals surface area contributed by atoms with Gasteiger partial charge in [-0.1, -0.05) is 0 Å². The SMILES string of the molecule is COCCCN(C)S(=O)(=O)c1cc(CN)cc(F)c1C. The lowest BCUT2D eigenvalue weighted by Gasteiger charge is -2.19. The molecule has 0 saturated heterocycles. The number of hydrogen-bond donors (Lipinski definition) is 1. The number of methoxy groups -OCH3 is 1. The number of sulfonamides is 1. The molecule has 0 aliphatic carbocycles. The second-order valence-corrected chi connectivity index (χ2v) is 6.59. The Hall–Kier alpha value is -1.02. The van der Waals surface area contributed by atoms with Crippen molar-refractivity contribution in [2.24, 2.45) is 5.73 Å². The lowest BCUT2D eigenvalue weighted by molar-refractivity contribution is 0.189. The molecule has 1 aromatic rings. The lowest BCUT2D eigenvalue weighted by atomic mass is 10.1. The van der Waals surface area contributed by atoms with Gasteiger partial charge in [0.05, 0.1) is 4.90 Å². The molecule has 7 heteroatoms. The van der Waals surface area contributed by atoms with Gasteiger partial charge in [-0.25, -0.2) is 17.1 Å². The van der Waals surface area contributed by atoms with Gasteiger partial charge in [0.15, 0.2) is 0 Å². The molecule has 5 nitrogen and oxygen atoms in total. The Bertz CT molecular complexity index is 561. The van der Waals surface area contributed by atoms with Gasteiger partial charge < -0.3 is 10.5 Å². The molecule has 0 aromatic heterocycles. The summed E-state index contributed by atoms with van der Waals surface area (Å²) in [5.41, 5.74) is 6.03. The maximum Gasteiger partial charge on any atom is 0.243 e. The molecule has 0 aliphatic heterocycles. The van der Waals surface area contributed by atoms with Gasteiger partial charge in [0, 0.05) is 39.4 Å². The summed E-state index contributed by atoms with van der Waals surface area (Å²) in [5, 5.41) is 0. The minimum atomic E-state index is -3.72. The Labute approximate surface area is 119 Å². The van der Waals surface area contributed by atoms with Crippen molar-refractivity contribution < 1.29 is 17.5 Å². The zero-order chi connectivity index (χ0) is 15.3. The first kappa shape index (κ1) is 17.0. The first-order chi connectivity index (χ1) is 9.34. The fourth-order valence-corrected chi connectivity index (χ4v) is 3.30. The highest BCUT2D eigenvalue weighted by Gasteiger charge is 2.24. The van der Waals surface area contributed by atoms with Gasteiger partial charge in [-0.2, -0.15) is 0 Å². The van der Waals surface area contributed by atoms with Crippen LogP contribution in [0.2, 0.25) is 0 Å². The maximum absolute atomic E-state index is 13.8. The first-order valence-corrected chi connectivity index (χ1v) is 7.73. The Morgan fingerprint density at radius 2 is 2.05 bits per heavy atom. The molecule has 0 saturated carbocycles. The third-order valence-electron chi connectivity index (χ3n) is 3.10. The quantitative estimate of drug-likeness (QED) is 0.770. The molecule has 0 radical (unpaired) electrons. The van der Waals surface area contributed by atoms with Crippen molar-refractivity contribution in [3.05, 3.63) is 29.1 Å². The van der Waals surface area contributed by atoms with E-state index in [2.05, 4.69) is 0 Å². The highest BCUT2D eigenvalue weighted by atomic mass is 32.2. The fourth-order valence-electron chi connectivity index (χ4n) is 1.81. The van der Waals surface area contributed by atoms with Gasteiger partial charge in [-0.05, 0) is 31.0 Å². The van der Waals surface area contributed by atoms with Gasteiger partial charge in [0.25, 0.3) is 0 Å². The highest BCUT2D eigenvalue weighted by Crippen LogP contribution is 2.23. The van der Waals surface area contributed by atoms with Crippen molar-refractivity contribution in [1.29, 1.82) is 0 Å². The zero-order valence-electron chi connectivity index (χ0n) is 12.0. The van der Waals surface area contributed by atoms with Crippen molar-refractivity contribution in [2.75, 3.05) is 27.3 Å². The molecule has 2 N–H and O–H groups in total. The molecular weight excluding hydrogens is 283 g/mol. The van der Waals surface area contributed by atoms with Gasteiger partial charge in [-0.3, -0.25) is 0 Å². The third kappa shape index (κ3) is 3.76. The predicted molar refractivity (Wildman–Crippen MR) is 75.3 cm³/mol. The summed E-state index contributed by atoms with van der Waals surface area (Å²) in [7, 11) is -0.699. The van der Waals surface area contributed by atoms with Crippen molar-refractivity contribution >= 4 is 10.0 Å². The van der Waals surface area contributed by atoms with Crippen LogP contribution in [-0.4, -0.2) is 40.0 Å². The van der Waals surface area contributed by atoms with Crippen LogP contribution in [0.15, 0.2) is 17.0 Å². The molecule has 1 rings (SSSR count). The summed E-state index contributed by atoms with van der Waals surface area (Å²) in [6.45, 7) is 2.32. The first-order valence-electron chi connectivity index (χ1n) is 6.29. The second kappa shape index (κ2) is 7.12. The van der Waals surface area contributed by atoms with Gasteiger partial charge >= 0.3 is 0 Å².